The van der Waals surface area contributed by atoms with Crippen molar-refractivity contribution in [2.45, 2.75) is 17.7 Å². The van der Waals surface area contributed by atoms with Crippen LogP contribution in [0.2, 0.25) is 0 Å². The van der Waals surface area contributed by atoms with Crippen LogP contribution in [0.4, 0.5) is 10.5 Å². The number of nitrogens with one attached hydrogen (secondary N) is 1. The van der Waals surface area contributed by atoms with Gasteiger partial charge >= 0.3 is 6.09 Å². The summed E-state index contributed by atoms with van der Waals surface area (Å²) in [6, 6.07) is 7.77. The molecule has 1 fully saturated rings. The molecule has 106 valence electrons. The third-order valence-corrected chi connectivity index (χ3v) is 4.92. The second kappa shape index (κ2) is 5.92. The molecule has 1 N–H and O–H groups in total. The minimum Gasteiger partial charge on any atom is -0.449 e. The number of carbonyl (C=O) groups excluding carboxylic acids is 1. The minimum absolute atomic E-state index is 0.353. The van der Waals surface area contributed by atoms with Gasteiger partial charge in [-0.05, 0) is 55.2 Å². The van der Waals surface area contributed by atoms with Gasteiger partial charge in [-0.15, -0.1) is 11.8 Å². The Morgan fingerprint density at radius 1 is 1.30 bits per heavy atom. The molecule has 1 saturated carbocycles. The number of amides is 1. The number of anilines is 1. The largest absolute Gasteiger partial charge is 0.449 e. The van der Waals surface area contributed by atoms with Crippen molar-refractivity contribution in [1.29, 1.82) is 0 Å². The van der Waals surface area contributed by atoms with Gasteiger partial charge in [0.25, 0.3) is 0 Å². The molecule has 0 radical (unpaired) electrons. The van der Waals surface area contributed by atoms with Crippen LogP contribution in [0.5, 0.6) is 0 Å². The van der Waals surface area contributed by atoms with E-state index >= 15 is 0 Å². The minimum atomic E-state index is -0.353. The van der Waals surface area contributed by atoms with Crippen molar-refractivity contribution in [1.82, 2.24) is 0 Å². The van der Waals surface area contributed by atoms with E-state index in [1.807, 2.05) is 30.5 Å². The molecule has 0 heterocycles. The van der Waals surface area contributed by atoms with E-state index in [-0.39, 0.29) is 6.09 Å². The van der Waals surface area contributed by atoms with Crippen molar-refractivity contribution >= 4 is 23.5 Å². The molecule has 0 aliphatic heterocycles. The number of thioether (sulfide) groups is 1. The SMILES string of the molecule is CSc1ccc(NC(=O)OC[C@@H]2C[C@H]3C=C[C@H]2C3)cc1. The number of benzene rings is 1. The molecule has 1 amide bonds. The van der Waals surface area contributed by atoms with Crippen LogP contribution in [0.15, 0.2) is 41.3 Å². The average Bonchev–Trinajstić information content (AvgIpc) is 3.08. The van der Waals surface area contributed by atoms with E-state index < -0.39 is 0 Å². The summed E-state index contributed by atoms with van der Waals surface area (Å²) >= 11 is 1.68. The highest BCUT2D eigenvalue weighted by Gasteiger charge is 2.36. The molecule has 2 bridgehead atoms. The molecule has 20 heavy (non-hydrogen) atoms. The Morgan fingerprint density at radius 2 is 2.10 bits per heavy atom. The van der Waals surface area contributed by atoms with Gasteiger partial charge in [-0.1, -0.05) is 12.2 Å². The van der Waals surface area contributed by atoms with E-state index in [1.54, 1.807) is 11.8 Å². The zero-order valence-corrected chi connectivity index (χ0v) is 12.4. The number of rotatable bonds is 4. The fourth-order valence-electron chi connectivity index (χ4n) is 3.10. The Kier molecular flexibility index (Phi) is 4.01. The average molecular weight is 289 g/mol. The highest BCUT2D eigenvalue weighted by atomic mass is 32.2. The predicted octanol–water partition coefficient (Wildman–Crippen LogP) is 4.17. The predicted molar refractivity (Wildman–Crippen MR) is 82.0 cm³/mol. The number of carbonyl (C=O) groups is 1. The third-order valence-electron chi connectivity index (χ3n) is 4.18. The lowest BCUT2D eigenvalue weighted by atomic mass is 9.95. The van der Waals surface area contributed by atoms with Gasteiger partial charge in [-0.3, -0.25) is 5.32 Å². The maximum atomic E-state index is 11.8. The molecule has 0 unspecified atom stereocenters. The summed E-state index contributed by atoms with van der Waals surface area (Å²) < 4.78 is 5.35. The molecule has 1 aromatic rings. The van der Waals surface area contributed by atoms with Gasteiger partial charge in [-0.2, -0.15) is 0 Å². The molecule has 2 aliphatic rings. The van der Waals surface area contributed by atoms with Gasteiger partial charge in [0, 0.05) is 16.5 Å². The van der Waals surface area contributed by atoms with Crippen molar-refractivity contribution in [2.75, 3.05) is 18.2 Å². The Morgan fingerprint density at radius 3 is 2.70 bits per heavy atom. The van der Waals surface area contributed by atoms with Gasteiger partial charge < -0.3 is 4.74 Å². The first-order valence-corrected chi connectivity index (χ1v) is 8.23. The van der Waals surface area contributed by atoms with E-state index in [9.17, 15) is 4.79 Å². The van der Waals surface area contributed by atoms with Gasteiger partial charge in [-0.25, -0.2) is 4.79 Å². The lowest BCUT2D eigenvalue weighted by Crippen LogP contribution is -2.21. The van der Waals surface area contributed by atoms with Crippen LogP contribution in [0.3, 0.4) is 0 Å². The van der Waals surface area contributed by atoms with Crippen LogP contribution in [-0.4, -0.2) is 19.0 Å². The van der Waals surface area contributed by atoms with E-state index in [2.05, 4.69) is 17.5 Å². The van der Waals surface area contributed by atoms with E-state index in [1.165, 1.54) is 11.3 Å². The Balaban J connectivity index is 1.46. The summed E-state index contributed by atoms with van der Waals surface area (Å²) in [7, 11) is 0. The molecule has 3 rings (SSSR count). The third kappa shape index (κ3) is 3.01. The van der Waals surface area contributed by atoms with Crippen LogP contribution in [0.1, 0.15) is 12.8 Å². The topological polar surface area (TPSA) is 38.3 Å². The molecule has 0 saturated heterocycles. The van der Waals surface area contributed by atoms with E-state index in [0.717, 1.165) is 18.0 Å². The van der Waals surface area contributed by atoms with Gasteiger partial charge in [0.2, 0.25) is 0 Å². The fourth-order valence-corrected chi connectivity index (χ4v) is 3.51. The summed E-state index contributed by atoms with van der Waals surface area (Å²) in [6.07, 6.45) is 8.66. The molecule has 4 heteroatoms. The van der Waals surface area contributed by atoms with Crippen molar-refractivity contribution < 1.29 is 9.53 Å². The highest BCUT2D eigenvalue weighted by molar-refractivity contribution is 7.98. The van der Waals surface area contributed by atoms with Gasteiger partial charge in [0.05, 0.1) is 6.61 Å². The smallest absolute Gasteiger partial charge is 0.411 e. The lowest BCUT2D eigenvalue weighted by molar-refractivity contribution is 0.134. The first-order valence-electron chi connectivity index (χ1n) is 7.01. The molecular weight excluding hydrogens is 270 g/mol. The maximum Gasteiger partial charge on any atom is 0.411 e. The highest BCUT2D eigenvalue weighted by Crippen LogP contribution is 2.43. The molecular formula is C16H19NO2S. The zero-order valence-electron chi connectivity index (χ0n) is 11.5. The van der Waals surface area contributed by atoms with Crippen LogP contribution >= 0.6 is 11.8 Å². The number of allylic oxidation sites excluding steroid dienone is 2. The summed E-state index contributed by atoms with van der Waals surface area (Å²) in [5.74, 6) is 1.85. The fraction of sp³-hybridized carbons (Fsp3) is 0.438. The number of hydrogen-bond acceptors (Lipinski definition) is 3. The molecule has 3 atom stereocenters. The number of ether oxygens (including phenoxy) is 1. The molecule has 3 nitrogen and oxygen atoms in total. The first-order chi connectivity index (χ1) is 9.74. The van der Waals surface area contributed by atoms with Crippen LogP contribution < -0.4 is 5.32 Å². The van der Waals surface area contributed by atoms with E-state index in [0.29, 0.717) is 18.4 Å². The van der Waals surface area contributed by atoms with E-state index in [4.69, 9.17) is 4.74 Å². The molecule has 0 aromatic heterocycles. The van der Waals surface area contributed by atoms with Crippen molar-refractivity contribution in [2.24, 2.45) is 17.8 Å². The lowest BCUT2D eigenvalue weighted by Gasteiger charge is -2.17. The van der Waals surface area contributed by atoms with Crippen LogP contribution in [-0.2, 0) is 4.74 Å². The van der Waals surface area contributed by atoms with Crippen molar-refractivity contribution in [3.05, 3.63) is 36.4 Å². The van der Waals surface area contributed by atoms with Gasteiger partial charge in [0.15, 0.2) is 0 Å². The Bertz CT molecular complexity index is 512. The maximum absolute atomic E-state index is 11.8. The van der Waals surface area contributed by atoms with Crippen LogP contribution in [0.25, 0.3) is 0 Å². The van der Waals surface area contributed by atoms with Crippen molar-refractivity contribution in [3.63, 3.8) is 0 Å². The summed E-state index contributed by atoms with van der Waals surface area (Å²) in [6.45, 7) is 0.528. The number of hydrogen-bond donors (Lipinski definition) is 1. The normalized spacial score (nSPS) is 26.8. The Labute approximate surface area is 123 Å². The number of fused-ring (bicyclic) bond motifs is 2. The summed E-state index contributed by atoms with van der Waals surface area (Å²) in [5, 5.41) is 2.77. The quantitative estimate of drug-likeness (QED) is 0.668. The molecule has 2 aliphatic carbocycles. The summed E-state index contributed by atoms with van der Waals surface area (Å²) in [5.41, 5.74) is 0.778. The monoisotopic (exact) mass is 289 g/mol. The van der Waals surface area contributed by atoms with Gasteiger partial charge in [0.1, 0.15) is 0 Å². The standard InChI is InChI=1S/C16H19NO2S/c1-20-15-6-4-14(5-7-15)17-16(18)19-10-13-9-11-2-3-12(13)8-11/h2-7,11-13H,8-10H2,1H3,(H,17,18)/t11-,12-,13-/m0/s1. The van der Waals surface area contributed by atoms with Crippen LogP contribution in [0, 0.1) is 17.8 Å². The summed E-state index contributed by atoms with van der Waals surface area (Å²) in [4.78, 5) is 13.0. The second-order valence-electron chi connectivity index (χ2n) is 5.49. The second-order valence-corrected chi connectivity index (χ2v) is 6.37. The molecule has 0 spiro atoms. The Hall–Kier alpha value is -1.42. The first kappa shape index (κ1) is 13.6. The molecule has 1 aromatic carbocycles. The van der Waals surface area contributed by atoms with Crippen molar-refractivity contribution in [3.8, 4) is 0 Å². The zero-order chi connectivity index (χ0) is 13.9.